The molecule has 0 aliphatic rings. The summed E-state index contributed by atoms with van der Waals surface area (Å²) < 4.78 is 11.6. The Bertz CT molecular complexity index is 186. The van der Waals surface area contributed by atoms with Crippen molar-refractivity contribution < 1.29 is 9.31 Å². The van der Waals surface area contributed by atoms with Gasteiger partial charge in [-0.2, -0.15) is 0 Å². The number of rotatable bonds is 6. The fraction of sp³-hybridized carbons (Fsp3) is 0.556. The van der Waals surface area contributed by atoms with Gasteiger partial charge in [-0.05, 0) is 32.3 Å². The summed E-state index contributed by atoms with van der Waals surface area (Å²) >= 11 is 3.38. The molecule has 0 radical (unpaired) electrons. The van der Waals surface area contributed by atoms with Crippen molar-refractivity contribution in [3.05, 3.63) is 22.6 Å². The lowest BCUT2D eigenvalue weighted by atomic mass is 9.89. The van der Waals surface area contributed by atoms with E-state index >= 15 is 0 Å². The highest BCUT2D eigenvalue weighted by atomic mass is 79.9. The molecule has 0 saturated heterocycles. The van der Waals surface area contributed by atoms with Crippen LogP contribution in [0.1, 0.15) is 20.8 Å². The SMILES string of the molecule is C=C(C)/C(Br)=C\B(OCC)OCC. The minimum Gasteiger partial charge on any atom is -0.408 e. The molecule has 0 bridgehead atoms. The van der Waals surface area contributed by atoms with Crippen molar-refractivity contribution in [1.82, 2.24) is 0 Å². The minimum absolute atomic E-state index is 0.277. The smallest absolute Gasteiger partial charge is 0.408 e. The van der Waals surface area contributed by atoms with Crippen LogP contribution in [0.2, 0.25) is 0 Å². The predicted molar refractivity (Wildman–Crippen MR) is 60.8 cm³/mol. The molecule has 0 spiro atoms. The van der Waals surface area contributed by atoms with E-state index in [4.69, 9.17) is 9.31 Å². The van der Waals surface area contributed by atoms with Crippen molar-refractivity contribution >= 4 is 23.0 Å². The summed E-state index contributed by atoms with van der Waals surface area (Å²) in [4.78, 5) is 0. The fourth-order valence-electron chi connectivity index (χ4n) is 0.735. The van der Waals surface area contributed by atoms with Gasteiger partial charge >= 0.3 is 7.12 Å². The van der Waals surface area contributed by atoms with E-state index in [1.807, 2.05) is 26.7 Å². The van der Waals surface area contributed by atoms with Crippen molar-refractivity contribution in [3.8, 4) is 0 Å². The van der Waals surface area contributed by atoms with Gasteiger partial charge < -0.3 is 9.31 Å². The van der Waals surface area contributed by atoms with Crippen LogP contribution >= 0.6 is 15.9 Å². The number of hydrogen-bond donors (Lipinski definition) is 0. The quantitative estimate of drug-likeness (QED) is 0.530. The molecule has 0 aromatic carbocycles. The molecule has 0 saturated carbocycles. The third-order valence-corrected chi connectivity index (χ3v) is 2.29. The van der Waals surface area contributed by atoms with Crippen LogP contribution in [0.3, 0.4) is 0 Å². The summed E-state index contributed by atoms with van der Waals surface area (Å²) in [5.74, 6) is 1.87. The van der Waals surface area contributed by atoms with E-state index < -0.39 is 0 Å². The molecule has 0 aliphatic heterocycles. The summed E-state index contributed by atoms with van der Waals surface area (Å²) in [6, 6.07) is 0. The maximum atomic E-state index is 5.33. The van der Waals surface area contributed by atoms with Crippen molar-refractivity contribution in [3.63, 3.8) is 0 Å². The first kappa shape index (κ1) is 12.9. The van der Waals surface area contributed by atoms with Crippen LogP contribution in [0, 0.1) is 0 Å². The minimum atomic E-state index is -0.277. The standard InChI is InChI=1S/C9H16BBrO2/c1-5-12-10(13-6-2)7-9(11)8(3)4/h7H,3,5-6H2,1-2,4H3/b9-7+. The molecule has 13 heavy (non-hydrogen) atoms. The van der Waals surface area contributed by atoms with Crippen LogP contribution in [0.25, 0.3) is 0 Å². The van der Waals surface area contributed by atoms with E-state index in [-0.39, 0.29) is 7.12 Å². The van der Waals surface area contributed by atoms with E-state index in [1.165, 1.54) is 0 Å². The zero-order chi connectivity index (χ0) is 10.3. The normalized spacial score (nSPS) is 11.5. The second-order valence-corrected chi connectivity index (χ2v) is 3.43. The zero-order valence-electron chi connectivity index (χ0n) is 8.47. The fourth-order valence-corrected chi connectivity index (χ4v) is 0.950. The van der Waals surface area contributed by atoms with Gasteiger partial charge in [-0.1, -0.05) is 22.5 Å². The average molecular weight is 247 g/mol. The van der Waals surface area contributed by atoms with Gasteiger partial charge in [0.1, 0.15) is 0 Å². The molecule has 0 aliphatic carbocycles. The lowest BCUT2D eigenvalue weighted by Gasteiger charge is -2.08. The summed E-state index contributed by atoms with van der Waals surface area (Å²) in [6.07, 6.45) is 0. The summed E-state index contributed by atoms with van der Waals surface area (Å²) in [7, 11) is -0.277. The molecule has 0 amide bonds. The molecule has 0 fully saturated rings. The number of hydrogen-bond acceptors (Lipinski definition) is 2. The van der Waals surface area contributed by atoms with Gasteiger partial charge in [-0.25, -0.2) is 0 Å². The highest BCUT2D eigenvalue weighted by Crippen LogP contribution is 2.15. The molecule has 2 nitrogen and oxygen atoms in total. The molecule has 0 heterocycles. The Balaban J connectivity index is 4.20. The third-order valence-electron chi connectivity index (χ3n) is 1.35. The number of allylic oxidation sites excluding steroid dienone is 2. The lowest BCUT2D eigenvalue weighted by molar-refractivity contribution is 0.224. The molecule has 74 valence electrons. The molecular weight excluding hydrogens is 231 g/mol. The monoisotopic (exact) mass is 246 g/mol. The summed E-state index contributed by atoms with van der Waals surface area (Å²) in [5, 5.41) is 0. The van der Waals surface area contributed by atoms with Gasteiger partial charge in [0.05, 0.1) is 0 Å². The zero-order valence-corrected chi connectivity index (χ0v) is 10.1. The van der Waals surface area contributed by atoms with Gasteiger partial charge in [0, 0.05) is 17.7 Å². The lowest BCUT2D eigenvalue weighted by Crippen LogP contribution is -2.21. The van der Waals surface area contributed by atoms with Gasteiger partial charge in [0.15, 0.2) is 0 Å². The third kappa shape index (κ3) is 6.08. The molecule has 0 rings (SSSR count). The molecule has 0 aromatic heterocycles. The van der Waals surface area contributed by atoms with Gasteiger partial charge in [-0.3, -0.25) is 0 Å². The number of halogens is 1. The van der Waals surface area contributed by atoms with Crippen LogP contribution in [0.5, 0.6) is 0 Å². The second-order valence-electron chi connectivity index (χ2n) is 2.57. The summed E-state index contributed by atoms with van der Waals surface area (Å²) in [6.45, 7) is 10.9. The summed E-state index contributed by atoms with van der Waals surface area (Å²) in [5.41, 5.74) is 0.962. The highest BCUT2D eigenvalue weighted by Gasteiger charge is 2.13. The van der Waals surface area contributed by atoms with E-state index in [9.17, 15) is 0 Å². The molecule has 0 aromatic rings. The Labute approximate surface area is 89.3 Å². The van der Waals surface area contributed by atoms with Crippen molar-refractivity contribution in [2.75, 3.05) is 13.2 Å². The van der Waals surface area contributed by atoms with Crippen molar-refractivity contribution in [2.45, 2.75) is 20.8 Å². The Morgan fingerprint density at radius 1 is 1.38 bits per heavy atom. The van der Waals surface area contributed by atoms with Crippen LogP contribution in [0.4, 0.5) is 0 Å². The average Bonchev–Trinajstić information content (AvgIpc) is 2.05. The molecule has 0 N–H and O–H groups in total. The molecule has 0 unspecified atom stereocenters. The van der Waals surface area contributed by atoms with Crippen LogP contribution < -0.4 is 0 Å². The Kier molecular flexibility index (Phi) is 7.33. The first-order chi connectivity index (χ1) is 6.11. The Morgan fingerprint density at radius 2 is 1.85 bits per heavy atom. The van der Waals surface area contributed by atoms with Gasteiger partial charge in [-0.15, -0.1) is 0 Å². The first-order valence-corrected chi connectivity index (χ1v) is 5.17. The van der Waals surface area contributed by atoms with Crippen LogP contribution in [-0.4, -0.2) is 20.3 Å². The first-order valence-electron chi connectivity index (χ1n) is 4.38. The van der Waals surface area contributed by atoms with E-state index in [0.717, 1.165) is 10.1 Å². The van der Waals surface area contributed by atoms with Gasteiger partial charge in [0.25, 0.3) is 0 Å². The van der Waals surface area contributed by atoms with Crippen LogP contribution in [-0.2, 0) is 9.31 Å². The molecular formula is C9H16BBrO2. The maximum absolute atomic E-state index is 5.33. The van der Waals surface area contributed by atoms with E-state index in [2.05, 4.69) is 22.5 Å². The van der Waals surface area contributed by atoms with E-state index in [1.54, 1.807) is 0 Å². The van der Waals surface area contributed by atoms with Crippen LogP contribution in [0.15, 0.2) is 22.6 Å². The predicted octanol–water partition coefficient (Wildman–Crippen LogP) is 2.94. The Morgan fingerprint density at radius 3 is 2.15 bits per heavy atom. The van der Waals surface area contributed by atoms with Crippen molar-refractivity contribution in [2.24, 2.45) is 0 Å². The van der Waals surface area contributed by atoms with Gasteiger partial charge in [0.2, 0.25) is 0 Å². The maximum Gasteiger partial charge on any atom is 0.487 e. The van der Waals surface area contributed by atoms with Crippen molar-refractivity contribution in [1.29, 1.82) is 0 Å². The molecule has 0 atom stereocenters. The topological polar surface area (TPSA) is 18.5 Å². The highest BCUT2D eigenvalue weighted by molar-refractivity contribution is 9.12. The second kappa shape index (κ2) is 7.36. The Hall–Kier alpha value is -0.0551. The largest absolute Gasteiger partial charge is 0.487 e. The molecule has 4 heteroatoms. The van der Waals surface area contributed by atoms with E-state index in [0.29, 0.717) is 13.2 Å².